The first-order valence-electron chi connectivity index (χ1n) is 14.6. The van der Waals surface area contributed by atoms with Gasteiger partial charge in [0.1, 0.15) is 5.75 Å². The molecule has 0 unspecified atom stereocenters. The van der Waals surface area contributed by atoms with Gasteiger partial charge in [0.2, 0.25) is 0 Å². The minimum absolute atomic E-state index is 0.0653. The number of morpholine rings is 1. The Balaban J connectivity index is 1.39. The van der Waals surface area contributed by atoms with Crippen molar-refractivity contribution < 1.29 is 9.47 Å². The number of hydrogen-bond donors (Lipinski definition) is 1. The molecule has 2 aromatic heterocycles. The minimum atomic E-state index is 0.0653. The maximum absolute atomic E-state index is 6.81. The summed E-state index contributed by atoms with van der Waals surface area (Å²) >= 11 is 0. The standard InChI is InChI=1S/C33H40N4O2/c1-5-24-15-16-28-32(23(4)35-36-28)33(24)29-17-30(39-26-13-9-10-14-26)27(22(3)34-29)19-37-18-21(2)38-31(20-37)25-11-7-6-8-12-25/h6-8,11-12,15-17,21,26,31H,5,9-10,13-14,18-20H2,1-4H3,(H,35,36)/t21-,31+/m1/s1. The lowest BCUT2D eigenvalue weighted by molar-refractivity contribution is -0.0816. The van der Waals surface area contributed by atoms with Crippen molar-refractivity contribution >= 4 is 10.9 Å². The fourth-order valence-corrected chi connectivity index (χ4v) is 6.42. The van der Waals surface area contributed by atoms with E-state index in [1.165, 1.54) is 35.1 Å². The summed E-state index contributed by atoms with van der Waals surface area (Å²) in [4.78, 5) is 7.75. The van der Waals surface area contributed by atoms with Gasteiger partial charge in [-0.1, -0.05) is 43.3 Å². The van der Waals surface area contributed by atoms with E-state index in [2.05, 4.69) is 91.3 Å². The molecule has 1 aliphatic carbocycles. The Morgan fingerprint density at radius 2 is 1.85 bits per heavy atom. The number of benzene rings is 2. The Morgan fingerprint density at radius 1 is 1.05 bits per heavy atom. The summed E-state index contributed by atoms with van der Waals surface area (Å²) in [6, 6.07) is 17.1. The molecule has 6 nitrogen and oxygen atoms in total. The average Bonchev–Trinajstić information content (AvgIpc) is 3.60. The van der Waals surface area contributed by atoms with E-state index < -0.39 is 0 Å². The first kappa shape index (κ1) is 26.0. The number of aromatic nitrogens is 3. The molecule has 1 aliphatic heterocycles. The summed E-state index contributed by atoms with van der Waals surface area (Å²) in [6.45, 7) is 11.2. The molecule has 2 atom stereocenters. The second-order valence-corrected chi connectivity index (χ2v) is 11.3. The van der Waals surface area contributed by atoms with E-state index in [1.54, 1.807) is 0 Å². The van der Waals surface area contributed by atoms with Gasteiger partial charge >= 0.3 is 0 Å². The molecule has 6 heteroatoms. The van der Waals surface area contributed by atoms with Crippen molar-refractivity contribution in [1.29, 1.82) is 0 Å². The SMILES string of the molecule is CCc1ccc2n[nH]c(C)c2c1-c1cc(OC2CCCC2)c(CN2C[C@@H](C)O[C@H](c3ccccc3)C2)c(C)n1. The van der Waals surface area contributed by atoms with E-state index in [9.17, 15) is 0 Å². The Morgan fingerprint density at radius 3 is 2.62 bits per heavy atom. The predicted molar refractivity (Wildman–Crippen MR) is 156 cm³/mol. The molecule has 1 saturated heterocycles. The molecule has 6 rings (SSSR count). The van der Waals surface area contributed by atoms with E-state index in [0.29, 0.717) is 0 Å². The molecule has 204 valence electrons. The van der Waals surface area contributed by atoms with Gasteiger partial charge in [0.05, 0.1) is 29.5 Å². The van der Waals surface area contributed by atoms with Crippen LogP contribution in [0.5, 0.6) is 5.75 Å². The van der Waals surface area contributed by atoms with Crippen LogP contribution in [0.2, 0.25) is 0 Å². The van der Waals surface area contributed by atoms with Crippen LogP contribution >= 0.6 is 0 Å². The van der Waals surface area contributed by atoms with Crippen molar-refractivity contribution in [2.75, 3.05) is 13.1 Å². The largest absolute Gasteiger partial charge is 0.490 e. The number of ether oxygens (including phenoxy) is 2. The van der Waals surface area contributed by atoms with Gasteiger partial charge < -0.3 is 9.47 Å². The van der Waals surface area contributed by atoms with Crippen LogP contribution in [0.25, 0.3) is 22.2 Å². The summed E-state index contributed by atoms with van der Waals surface area (Å²) < 4.78 is 13.2. The van der Waals surface area contributed by atoms with E-state index >= 15 is 0 Å². The van der Waals surface area contributed by atoms with Crippen molar-refractivity contribution in [2.45, 2.75) is 84.7 Å². The molecule has 0 amide bonds. The summed E-state index contributed by atoms with van der Waals surface area (Å²) in [7, 11) is 0. The van der Waals surface area contributed by atoms with Crippen LogP contribution in [0.15, 0.2) is 48.5 Å². The normalized spacial score (nSPS) is 20.6. The lowest BCUT2D eigenvalue weighted by atomic mass is 9.95. The highest BCUT2D eigenvalue weighted by atomic mass is 16.5. The molecule has 1 N–H and O–H groups in total. The van der Waals surface area contributed by atoms with E-state index in [1.807, 2.05) is 0 Å². The molecule has 0 spiro atoms. The van der Waals surface area contributed by atoms with Crippen molar-refractivity contribution in [2.24, 2.45) is 0 Å². The zero-order chi connectivity index (χ0) is 26.9. The lowest BCUT2D eigenvalue weighted by Gasteiger charge is -2.37. The highest BCUT2D eigenvalue weighted by Crippen LogP contribution is 2.38. The average molecular weight is 525 g/mol. The predicted octanol–water partition coefficient (Wildman–Crippen LogP) is 7.09. The maximum atomic E-state index is 6.81. The Labute approximate surface area is 231 Å². The number of rotatable bonds is 7. The fourth-order valence-electron chi connectivity index (χ4n) is 6.42. The minimum Gasteiger partial charge on any atom is -0.490 e. The van der Waals surface area contributed by atoms with Crippen LogP contribution < -0.4 is 4.74 Å². The van der Waals surface area contributed by atoms with Gasteiger partial charge in [-0.15, -0.1) is 0 Å². The molecule has 0 radical (unpaired) electrons. The number of pyridine rings is 1. The van der Waals surface area contributed by atoms with Gasteiger partial charge in [0.25, 0.3) is 0 Å². The van der Waals surface area contributed by atoms with Crippen molar-refractivity contribution in [3.05, 3.63) is 76.6 Å². The monoisotopic (exact) mass is 524 g/mol. The summed E-state index contributed by atoms with van der Waals surface area (Å²) in [6.07, 6.45) is 6.16. The molecule has 0 bridgehead atoms. The van der Waals surface area contributed by atoms with E-state index in [4.69, 9.17) is 14.5 Å². The van der Waals surface area contributed by atoms with E-state index in [0.717, 1.165) is 72.6 Å². The van der Waals surface area contributed by atoms with Crippen LogP contribution in [-0.2, 0) is 17.7 Å². The number of hydrogen-bond acceptors (Lipinski definition) is 5. The molecule has 2 aliphatic rings. The van der Waals surface area contributed by atoms with Gasteiger partial charge in [0.15, 0.2) is 0 Å². The van der Waals surface area contributed by atoms with Gasteiger partial charge in [-0.2, -0.15) is 5.10 Å². The first-order valence-corrected chi connectivity index (χ1v) is 14.6. The van der Waals surface area contributed by atoms with Gasteiger partial charge in [-0.3, -0.25) is 15.0 Å². The topological polar surface area (TPSA) is 63.3 Å². The van der Waals surface area contributed by atoms with E-state index in [-0.39, 0.29) is 18.3 Å². The van der Waals surface area contributed by atoms with Crippen LogP contribution in [-0.4, -0.2) is 45.4 Å². The van der Waals surface area contributed by atoms with Crippen molar-refractivity contribution in [3.63, 3.8) is 0 Å². The third kappa shape index (κ3) is 5.32. The quantitative estimate of drug-likeness (QED) is 0.280. The third-order valence-corrected chi connectivity index (χ3v) is 8.40. The zero-order valence-corrected chi connectivity index (χ0v) is 23.7. The van der Waals surface area contributed by atoms with Crippen molar-refractivity contribution in [1.82, 2.24) is 20.1 Å². The van der Waals surface area contributed by atoms with Gasteiger partial charge in [-0.25, -0.2) is 0 Å². The second kappa shape index (κ2) is 11.1. The first-order chi connectivity index (χ1) is 19.0. The molecule has 4 aromatic rings. The maximum Gasteiger partial charge on any atom is 0.128 e. The summed E-state index contributed by atoms with van der Waals surface area (Å²) in [5.41, 5.74) is 8.97. The number of aromatic amines is 1. The Hall–Kier alpha value is -3.22. The number of aryl methyl sites for hydroxylation is 3. The molecule has 2 aromatic carbocycles. The molecule has 39 heavy (non-hydrogen) atoms. The number of H-pyrrole nitrogens is 1. The molecular formula is C33H40N4O2. The smallest absolute Gasteiger partial charge is 0.128 e. The van der Waals surface area contributed by atoms with Gasteiger partial charge in [0, 0.05) is 53.6 Å². The van der Waals surface area contributed by atoms with Gasteiger partial charge in [-0.05, 0) is 70.1 Å². The Kier molecular flexibility index (Phi) is 7.41. The van der Waals surface area contributed by atoms with Crippen LogP contribution in [0.1, 0.15) is 73.7 Å². The third-order valence-electron chi connectivity index (χ3n) is 8.40. The van der Waals surface area contributed by atoms with Crippen LogP contribution in [0, 0.1) is 13.8 Å². The molecule has 1 saturated carbocycles. The molecule has 3 heterocycles. The highest BCUT2D eigenvalue weighted by Gasteiger charge is 2.29. The second-order valence-electron chi connectivity index (χ2n) is 11.3. The summed E-state index contributed by atoms with van der Waals surface area (Å²) in [5, 5.41) is 8.89. The van der Waals surface area contributed by atoms with Crippen molar-refractivity contribution in [3.8, 4) is 17.0 Å². The molecular weight excluding hydrogens is 484 g/mol. The Bertz CT molecular complexity index is 1440. The number of nitrogens with one attached hydrogen (secondary N) is 1. The number of nitrogens with zero attached hydrogens (tertiary/aromatic N) is 3. The molecule has 2 fully saturated rings. The highest BCUT2D eigenvalue weighted by molar-refractivity contribution is 5.97. The fraction of sp³-hybridized carbons (Fsp3) is 0.455. The van der Waals surface area contributed by atoms with Crippen LogP contribution in [0.3, 0.4) is 0 Å². The van der Waals surface area contributed by atoms with Crippen LogP contribution in [0.4, 0.5) is 0 Å². The lowest BCUT2D eigenvalue weighted by Crippen LogP contribution is -2.42. The summed E-state index contributed by atoms with van der Waals surface area (Å²) in [5.74, 6) is 0.986. The zero-order valence-electron chi connectivity index (χ0n) is 23.7. The number of fused-ring (bicyclic) bond motifs is 1.